The number of hydrogen-bond donors (Lipinski definition) is 5. The van der Waals surface area contributed by atoms with Crippen LogP contribution in [0.5, 0.6) is 5.75 Å². The zero-order valence-electron chi connectivity index (χ0n) is 23.3. The number of amides is 2. The highest BCUT2D eigenvalue weighted by atomic mass is 19.4. The molecular weight excluding hydrogens is 608 g/mol. The molecule has 2 amide bonds. The van der Waals surface area contributed by atoms with Crippen molar-refractivity contribution in [1.29, 1.82) is 5.41 Å². The Kier molecular flexibility index (Phi) is 9.54. The van der Waals surface area contributed by atoms with Crippen LogP contribution in [0.25, 0.3) is 22.4 Å². The number of primary amides is 1. The second-order valence-corrected chi connectivity index (χ2v) is 9.87. The molecule has 0 saturated heterocycles. The summed E-state index contributed by atoms with van der Waals surface area (Å²) in [5.74, 6) is -2.16. The Bertz CT molecular complexity index is 1720. The highest BCUT2D eigenvalue weighted by Crippen LogP contribution is 2.34. The van der Waals surface area contributed by atoms with Crippen molar-refractivity contribution in [2.45, 2.75) is 38.0 Å². The predicted molar refractivity (Wildman–Crippen MR) is 152 cm³/mol. The fraction of sp³-hybridized carbons (Fsp3) is 0.241. The van der Waals surface area contributed by atoms with E-state index >= 15 is 0 Å². The Labute approximate surface area is 251 Å². The fourth-order valence-electron chi connectivity index (χ4n) is 4.65. The Balaban J connectivity index is 1.71. The topological polar surface area (TPSA) is 161 Å². The monoisotopic (exact) mass is 635 g/mol. The summed E-state index contributed by atoms with van der Waals surface area (Å²) in [5.41, 5.74) is 11.2. The van der Waals surface area contributed by atoms with E-state index in [-0.39, 0.29) is 53.5 Å². The van der Waals surface area contributed by atoms with Crippen LogP contribution < -0.4 is 26.8 Å². The number of halogens is 6. The first-order chi connectivity index (χ1) is 21.1. The minimum Gasteiger partial charge on any atom is -0.406 e. The summed E-state index contributed by atoms with van der Waals surface area (Å²) in [5, 5.41) is 12.5. The predicted octanol–water partition coefficient (Wildman–Crippen LogP) is 4.84. The number of carbonyl (C=O) groups is 2. The van der Waals surface area contributed by atoms with Gasteiger partial charge in [0.2, 0.25) is 5.91 Å². The number of carbonyl (C=O) groups excluding carboxylic acids is 2. The number of nitrogens with one attached hydrogen (secondary N) is 3. The number of benzene rings is 3. The third-order valence-corrected chi connectivity index (χ3v) is 6.59. The van der Waals surface area contributed by atoms with Gasteiger partial charge in [-0.2, -0.15) is 13.2 Å². The molecule has 0 aliphatic rings. The summed E-state index contributed by atoms with van der Waals surface area (Å²) in [6.45, 7) is 0.0245. The molecule has 16 heteroatoms. The van der Waals surface area contributed by atoms with Crippen LogP contribution in [-0.2, 0) is 17.5 Å². The summed E-state index contributed by atoms with van der Waals surface area (Å²) >= 11 is 0. The van der Waals surface area contributed by atoms with Gasteiger partial charge in [-0.15, -0.1) is 13.2 Å². The van der Waals surface area contributed by atoms with Crippen molar-refractivity contribution in [3.63, 3.8) is 0 Å². The van der Waals surface area contributed by atoms with Gasteiger partial charge in [0, 0.05) is 24.2 Å². The molecular formula is C29H27F6N7O3. The minimum absolute atomic E-state index is 0.0578. The second kappa shape index (κ2) is 13.2. The maximum atomic E-state index is 13.1. The van der Waals surface area contributed by atoms with Gasteiger partial charge >= 0.3 is 12.5 Å². The minimum atomic E-state index is -4.96. The van der Waals surface area contributed by atoms with E-state index in [4.69, 9.17) is 16.9 Å². The van der Waals surface area contributed by atoms with Gasteiger partial charge in [0.05, 0.1) is 16.6 Å². The number of ether oxygens (including phenoxy) is 1. The summed E-state index contributed by atoms with van der Waals surface area (Å²) < 4.78 is 83.4. The van der Waals surface area contributed by atoms with Crippen LogP contribution in [0.2, 0.25) is 0 Å². The molecule has 238 valence electrons. The van der Waals surface area contributed by atoms with E-state index < -0.39 is 41.7 Å². The smallest absolute Gasteiger partial charge is 0.406 e. The van der Waals surface area contributed by atoms with Crippen molar-refractivity contribution in [3.05, 3.63) is 83.4 Å². The highest BCUT2D eigenvalue weighted by Gasteiger charge is 2.32. The maximum absolute atomic E-state index is 13.1. The molecule has 10 nitrogen and oxygen atoms in total. The molecule has 1 atom stereocenters. The third kappa shape index (κ3) is 8.43. The van der Waals surface area contributed by atoms with Crippen LogP contribution in [0.1, 0.15) is 40.4 Å². The molecule has 1 aromatic heterocycles. The first-order valence-electron chi connectivity index (χ1n) is 13.3. The van der Waals surface area contributed by atoms with Gasteiger partial charge in [-0.3, -0.25) is 15.0 Å². The SMILES string of the molecule is N=C(N)NCCC[C@@H](C(N)=O)n1c(-c2cccc(OC(F)(F)F)c2)nc2cc(C(=O)NCc3cccc(C(F)(F)F)c3)ccc21. The van der Waals surface area contributed by atoms with E-state index in [1.54, 1.807) is 0 Å². The molecule has 1 heterocycles. The molecule has 0 fully saturated rings. The Morgan fingerprint density at radius 1 is 0.956 bits per heavy atom. The lowest BCUT2D eigenvalue weighted by atomic mass is 10.1. The molecule has 45 heavy (non-hydrogen) atoms. The van der Waals surface area contributed by atoms with Crippen molar-refractivity contribution >= 4 is 28.8 Å². The number of fused-ring (bicyclic) bond motifs is 1. The third-order valence-electron chi connectivity index (χ3n) is 6.59. The van der Waals surface area contributed by atoms with Gasteiger partial charge in [0.25, 0.3) is 5.91 Å². The summed E-state index contributed by atoms with van der Waals surface area (Å²) in [4.78, 5) is 30.1. The zero-order valence-corrected chi connectivity index (χ0v) is 23.3. The van der Waals surface area contributed by atoms with Crippen LogP contribution in [0.15, 0.2) is 66.7 Å². The van der Waals surface area contributed by atoms with Crippen molar-refractivity contribution in [2.24, 2.45) is 11.5 Å². The van der Waals surface area contributed by atoms with Gasteiger partial charge < -0.3 is 31.4 Å². The molecule has 0 unspecified atom stereocenters. The van der Waals surface area contributed by atoms with E-state index in [2.05, 4.69) is 20.4 Å². The van der Waals surface area contributed by atoms with E-state index in [1.807, 2.05) is 0 Å². The molecule has 3 aromatic carbocycles. The number of nitrogens with two attached hydrogens (primary N) is 2. The molecule has 0 bridgehead atoms. The van der Waals surface area contributed by atoms with Crippen LogP contribution in [0, 0.1) is 5.41 Å². The zero-order chi connectivity index (χ0) is 32.9. The van der Waals surface area contributed by atoms with E-state index in [0.717, 1.165) is 24.3 Å². The first kappa shape index (κ1) is 32.6. The van der Waals surface area contributed by atoms with Crippen molar-refractivity contribution in [1.82, 2.24) is 20.2 Å². The van der Waals surface area contributed by atoms with Crippen molar-refractivity contribution in [3.8, 4) is 17.1 Å². The number of guanidine groups is 1. The average molecular weight is 636 g/mol. The van der Waals surface area contributed by atoms with Gasteiger partial charge in [0.1, 0.15) is 17.6 Å². The number of nitrogens with zero attached hydrogens (tertiary/aromatic N) is 2. The molecule has 4 rings (SSSR count). The van der Waals surface area contributed by atoms with Crippen LogP contribution in [0.4, 0.5) is 26.3 Å². The number of imidazole rings is 1. The number of rotatable bonds is 11. The quantitative estimate of drug-likeness (QED) is 0.0686. The number of alkyl halides is 6. The number of aromatic nitrogens is 2. The van der Waals surface area contributed by atoms with Crippen LogP contribution in [-0.4, -0.2) is 40.2 Å². The lowest BCUT2D eigenvalue weighted by molar-refractivity contribution is -0.274. The van der Waals surface area contributed by atoms with Gasteiger partial charge in [-0.05, 0) is 60.9 Å². The largest absolute Gasteiger partial charge is 0.573 e. The molecule has 0 saturated carbocycles. The highest BCUT2D eigenvalue weighted by molar-refractivity contribution is 5.98. The van der Waals surface area contributed by atoms with E-state index in [9.17, 15) is 35.9 Å². The number of hydrogen-bond acceptors (Lipinski definition) is 5. The van der Waals surface area contributed by atoms with Gasteiger partial charge in [-0.25, -0.2) is 4.98 Å². The normalized spacial score (nSPS) is 12.5. The molecule has 0 aliphatic heterocycles. The Morgan fingerprint density at radius 3 is 2.36 bits per heavy atom. The lowest BCUT2D eigenvalue weighted by Crippen LogP contribution is -2.32. The van der Waals surface area contributed by atoms with Crippen molar-refractivity contribution in [2.75, 3.05) is 6.54 Å². The van der Waals surface area contributed by atoms with Gasteiger partial charge in [-0.1, -0.05) is 24.3 Å². The molecule has 4 aromatic rings. The molecule has 0 radical (unpaired) electrons. The summed E-state index contributed by atoms with van der Waals surface area (Å²) in [7, 11) is 0. The van der Waals surface area contributed by atoms with E-state index in [0.29, 0.717) is 11.9 Å². The second-order valence-electron chi connectivity index (χ2n) is 9.87. The maximum Gasteiger partial charge on any atom is 0.573 e. The van der Waals surface area contributed by atoms with Gasteiger partial charge in [0.15, 0.2) is 5.96 Å². The molecule has 0 aliphatic carbocycles. The summed E-state index contributed by atoms with van der Waals surface area (Å²) in [6.07, 6.45) is -9.06. The van der Waals surface area contributed by atoms with Crippen LogP contribution >= 0.6 is 0 Å². The molecule has 0 spiro atoms. The summed E-state index contributed by atoms with van der Waals surface area (Å²) in [6, 6.07) is 12.6. The van der Waals surface area contributed by atoms with Crippen molar-refractivity contribution < 1.29 is 40.7 Å². The fourth-order valence-corrected chi connectivity index (χ4v) is 4.65. The van der Waals surface area contributed by atoms with Crippen LogP contribution in [0.3, 0.4) is 0 Å². The first-order valence-corrected chi connectivity index (χ1v) is 13.3. The Hall–Kier alpha value is -5.28. The Morgan fingerprint density at radius 2 is 1.69 bits per heavy atom. The lowest BCUT2D eigenvalue weighted by Gasteiger charge is -2.20. The van der Waals surface area contributed by atoms with E-state index in [1.165, 1.54) is 47.0 Å². The standard InChI is InChI=1S/C29H27F6N7O3/c30-28(31,32)19-6-1-4-16(12-19)15-40-26(44)18-9-10-22-21(14-18)41-25(17-5-2-7-20(13-17)45-29(33,34)35)42(22)23(24(36)43)8-3-11-39-27(37)38/h1-2,4-7,9-10,12-14,23H,3,8,11,15H2,(H2,36,43)(H,40,44)(H4,37,38,39)/t23-/m0/s1. The molecule has 7 N–H and O–H groups in total. The average Bonchev–Trinajstić information content (AvgIpc) is 3.33.